The molecule has 16 heavy (non-hydrogen) atoms. The lowest BCUT2D eigenvalue weighted by Crippen LogP contribution is -2.18. The van der Waals surface area contributed by atoms with Gasteiger partial charge in [-0.3, -0.25) is 9.59 Å². The number of nitrogens with zero attached hydrogens (tertiary/aromatic N) is 2. The van der Waals surface area contributed by atoms with Crippen molar-refractivity contribution in [2.75, 3.05) is 0 Å². The van der Waals surface area contributed by atoms with Crippen LogP contribution in [-0.4, -0.2) is 15.2 Å². The van der Waals surface area contributed by atoms with E-state index < -0.39 is 0 Å². The van der Waals surface area contributed by atoms with Gasteiger partial charge in [0.1, 0.15) is 5.69 Å². The fraction of sp³-hybridized carbons (Fsp3) is 0.300. The Bertz CT molecular complexity index is 630. The molecule has 0 radical (unpaired) electrons. The molecule has 2 rings (SSSR count). The van der Waals surface area contributed by atoms with E-state index in [-0.39, 0.29) is 17.2 Å². The van der Waals surface area contributed by atoms with Crippen LogP contribution in [0.1, 0.15) is 28.0 Å². The first kappa shape index (κ1) is 11.3. The van der Waals surface area contributed by atoms with E-state index in [9.17, 15) is 9.59 Å². The van der Waals surface area contributed by atoms with Gasteiger partial charge in [0, 0.05) is 17.9 Å². The van der Waals surface area contributed by atoms with E-state index in [1.54, 1.807) is 6.92 Å². The molecule has 0 spiro atoms. The van der Waals surface area contributed by atoms with Gasteiger partial charge in [0.05, 0.1) is 11.6 Å². The first-order valence-electron chi connectivity index (χ1n) is 4.63. The summed E-state index contributed by atoms with van der Waals surface area (Å²) in [6.45, 7) is 3.24. The maximum Gasteiger partial charge on any atom is 0.259 e. The highest BCUT2D eigenvalue weighted by Gasteiger charge is 2.15. The highest BCUT2D eigenvalue weighted by molar-refractivity contribution is 7.17. The molecule has 0 aliphatic rings. The maximum absolute atomic E-state index is 11.8. The highest BCUT2D eigenvalue weighted by Crippen LogP contribution is 2.20. The standard InChI is InChI=1S/C10H9ClN2O2S/c1-5(14)9-6(2)16-10-12-7(4-11)3-8(15)13(9)10/h3H,4H2,1-2H3. The number of halogens is 1. The van der Waals surface area contributed by atoms with Gasteiger partial charge in [0.25, 0.3) is 5.56 Å². The van der Waals surface area contributed by atoms with Crippen LogP contribution in [0, 0.1) is 6.92 Å². The number of ketones is 1. The molecule has 6 heteroatoms. The molecule has 4 nitrogen and oxygen atoms in total. The summed E-state index contributed by atoms with van der Waals surface area (Å²) >= 11 is 6.96. The molecule has 2 aromatic heterocycles. The Balaban J connectivity index is 2.90. The van der Waals surface area contributed by atoms with Crippen molar-refractivity contribution in [3.8, 4) is 0 Å². The number of thiazole rings is 1. The Hall–Kier alpha value is -1.20. The number of rotatable bonds is 2. The molecule has 0 aromatic carbocycles. The molecule has 0 amide bonds. The van der Waals surface area contributed by atoms with Crippen molar-refractivity contribution >= 4 is 33.7 Å². The van der Waals surface area contributed by atoms with Crippen LogP contribution in [0.25, 0.3) is 4.96 Å². The number of carbonyl (C=O) groups excluding carboxylic acids is 1. The number of aryl methyl sites for hydroxylation is 1. The van der Waals surface area contributed by atoms with E-state index in [4.69, 9.17) is 11.6 Å². The molecular weight excluding hydrogens is 248 g/mol. The van der Waals surface area contributed by atoms with Gasteiger partial charge in [-0.2, -0.15) is 0 Å². The fourth-order valence-corrected chi connectivity index (χ4v) is 2.78. The van der Waals surface area contributed by atoms with Crippen LogP contribution in [0.15, 0.2) is 10.9 Å². The number of fused-ring (bicyclic) bond motifs is 1. The van der Waals surface area contributed by atoms with E-state index in [0.29, 0.717) is 16.3 Å². The fourth-order valence-electron chi connectivity index (χ4n) is 1.60. The summed E-state index contributed by atoms with van der Waals surface area (Å²) in [6.07, 6.45) is 0. The molecule has 0 bridgehead atoms. The second-order valence-electron chi connectivity index (χ2n) is 3.40. The largest absolute Gasteiger partial charge is 0.293 e. The monoisotopic (exact) mass is 256 g/mol. The van der Waals surface area contributed by atoms with E-state index >= 15 is 0 Å². The van der Waals surface area contributed by atoms with Crippen molar-refractivity contribution in [3.05, 3.63) is 32.7 Å². The first-order valence-corrected chi connectivity index (χ1v) is 5.98. The minimum atomic E-state index is -0.254. The summed E-state index contributed by atoms with van der Waals surface area (Å²) in [5.41, 5.74) is 0.692. The molecule has 0 atom stereocenters. The Morgan fingerprint density at radius 2 is 2.31 bits per heavy atom. The van der Waals surface area contributed by atoms with E-state index in [0.717, 1.165) is 4.88 Å². The molecule has 0 fully saturated rings. The van der Waals surface area contributed by atoms with Crippen LogP contribution in [0.5, 0.6) is 0 Å². The predicted octanol–water partition coefficient (Wildman–Crippen LogP) is 2.01. The van der Waals surface area contributed by atoms with E-state index in [1.165, 1.54) is 28.7 Å². The molecule has 84 valence electrons. The zero-order valence-electron chi connectivity index (χ0n) is 8.78. The summed E-state index contributed by atoms with van der Waals surface area (Å²) in [6, 6.07) is 1.36. The highest BCUT2D eigenvalue weighted by atomic mass is 35.5. The topological polar surface area (TPSA) is 51.4 Å². The van der Waals surface area contributed by atoms with Gasteiger partial charge in [-0.15, -0.1) is 22.9 Å². The number of alkyl halides is 1. The summed E-state index contributed by atoms with van der Waals surface area (Å²) in [7, 11) is 0. The molecule has 0 saturated heterocycles. The summed E-state index contributed by atoms with van der Waals surface area (Å²) in [4.78, 5) is 28.8. The van der Waals surface area contributed by atoms with Gasteiger partial charge in [-0.1, -0.05) is 0 Å². The SMILES string of the molecule is CC(=O)c1c(C)sc2nc(CCl)cc(=O)n12. The van der Waals surface area contributed by atoms with Crippen molar-refractivity contribution in [2.24, 2.45) is 0 Å². The van der Waals surface area contributed by atoms with Crippen LogP contribution >= 0.6 is 22.9 Å². The Morgan fingerprint density at radius 3 is 2.88 bits per heavy atom. The molecule has 0 saturated carbocycles. The maximum atomic E-state index is 11.8. The quantitative estimate of drug-likeness (QED) is 0.610. The van der Waals surface area contributed by atoms with Crippen LogP contribution < -0.4 is 5.56 Å². The molecule has 0 N–H and O–H groups in total. The van der Waals surface area contributed by atoms with Gasteiger partial charge in [-0.05, 0) is 6.92 Å². The van der Waals surface area contributed by atoms with Crippen LogP contribution in [0.3, 0.4) is 0 Å². The molecule has 0 aliphatic carbocycles. The second kappa shape index (κ2) is 3.99. The van der Waals surface area contributed by atoms with Crippen molar-refractivity contribution < 1.29 is 4.79 Å². The van der Waals surface area contributed by atoms with Crippen LogP contribution in [0.4, 0.5) is 0 Å². The van der Waals surface area contributed by atoms with Gasteiger partial charge in [0.2, 0.25) is 0 Å². The number of Topliss-reactive ketones (excluding diaryl/α,β-unsaturated/α-hetero) is 1. The zero-order chi connectivity index (χ0) is 11.9. The third-order valence-electron chi connectivity index (χ3n) is 2.21. The predicted molar refractivity (Wildman–Crippen MR) is 63.6 cm³/mol. The van der Waals surface area contributed by atoms with Gasteiger partial charge >= 0.3 is 0 Å². The lowest BCUT2D eigenvalue weighted by atomic mass is 10.3. The van der Waals surface area contributed by atoms with E-state index in [2.05, 4.69) is 4.98 Å². The summed E-state index contributed by atoms with van der Waals surface area (Å²) in [5.74, 6) is 0.0595. The zero-order valence-corrected chi connectivity index (χ0v) is 10.4. The Morgan fingerprint density at radius 1 is 1.62 bits per heavy atom. The van der Waals surface area contributed by atoms with Gasteiger partial charge in [0.15, 0.2) is 10.7 Å². The number of carbonyl (C=O) groups is 1. The molecule has 2 heterocycles. The van der Waals surface area contributed by atoms with Crippen LogP contribution in [0.2, 0.25) is 0 Å². The van der Waals surface area contributed by atoms with Crippen molar-refractivity contribution in [1.29, 1.82) is 0 Å². The Kier molecular flexibility index (Phi) is 2.82. The summed E-state index contributed by atoms with van der Waals surface area (Å²) < 4.78 is 1.35. The minimum Gasteiger partial charge on any atom is -0.293 e. The Labute approximate surface area is 101 Å². The smallest absolute Gasteiger partial charge is 0.259 e. The first-order chi connectivity index (χ1) is 7.54. The number of hydrogen-bond donors (Lipinski definition) is 0. The van der Waals surface area contributed by atoms with Crippen molar-refractivity contribution in [1.82, 2.24) is 9.38 Å². The van der Waals surface area contributed by atoms with Gasteiger partial charge < -0.3 is 0 Å². The molecule has 2 aromatic rings. The second-order valence-corrected chi connectivity index (χ2v) is 4.85. The van der Waals surface area contributed by atoms with Crippen molar-refractivity contribution in [2.45, 2.75) is 19.7 Å². The average Bonchev–Trinajstić information content (AvgIpc) is 2.54. The number of aromatic nitrogens is 2. The average molecular weight is 257 g/mol. The molecule has 0 unspecified atom stereocenters. The lowest BCUT2D eigenvalue weighted by molar-refractivity contribution is 0.101. The normalized spacial score (nSPS) is 10.9. The van der Waals surface area contributed by atoms with Gasteiger partial charge in [-0.25, -0.2) is 9.38 Å². The van der Waals surface area contributed by atoms with Crippen molar-refractivity contribution in [3.63, 3.8) is 0 Å². The minimum absolute atomic E-state index is 0.133. The molecule has 0 aliphatic heterocycles. The lowest BCUT2D eigenvalue weighted by Gasteiger charge is -1.98. The molecular formula is C10H9ClN2O2S. The number of hydrogen-bond acceptors (Lipinski definition) is 4. The van der Waals surface area contributed by atoms with E-state index in [1.807, 2.05) is 0 Å². The van der Waals surface area contributed by atoms with Crippen LogP contribution in [-0.2, 0) is 5.88 Å². The summed E-state index contributed by atoms with van der Waals surface area (Å²) in [5, 5.41) is 0. The third kappa shape index (κ3) is 1.66. The third-order valence-corrected chi connectivity index (χ3v) is 3.44.